The molecular weight excluding hydrogens is 330 g/mol. The Kier molecular flexibility index (Phi) is 7.92. The van der Waals surface area contributed by atoms with Crippen molar-refractivity contribution < 1.29 is 14.5 Å². The van der Waals surface area contributed by atoms with E-state index < -0.39 is 10.8 Å². The van der Waals surface area contributed by atoms with Crippen molar-refractivity contribution in [3.8, 4) is 0 Å². The number of nitrogens with one attached hydrogen (secondary N) is 2. The van der Waals surface area contributed by atoms with Gasteiger partial charge in [0, 0.05) is 31.5 Å². The van der Waals surface area contributed by atoms with Crippen LogP contribution >= 0.6 is 21.6 Å². The highest BCUT2D eigenvalue weighted by molar-refractivity contribution is 8.76. The number of carbonyl (C=O) groups excluding carboxylic acids is 2. The SMILES string of the molecule is CC(=O)N/N=C/C(=O)NCCSSc1ncccc1[N+](=O)[O-]. The van der Waals surface area contributed by atoms with Gasteiger partial charge in [-0.05, 0) is 16.9 Å². The topological polar surface area (TPSA) is 127 Å². The number of hydrazone groups is 1. The molecule has 0 saturated carbocycles. The zero-order chi connectivity index (χ0) is 16.4. The van der Waals surface area contributed by atoms with Crippen molar-refractivity contribution >= 4 is 45.3 Å². The van der Waals surface area contributed by atoms with Crippen molar-refractivity contribution in [2.24, 2.45) is 5.10 Å². The first kappa shape index (κ1) is 17.9. The zero-order valence-electron chi connectivity index (χ0n) is 11.5. The molecule has 0 atom stereocenters. The lowest BCUT2D eigenvalue weighted by molar-refractivity contribution is -0.388. The second-order valence-corrected chi connectivity index (χ2v) is 6.11. The van der Waals surface area contributed by atoms with Gasteiger partial charge < -0.3 is 5.32 Å². The molecule has 0 bridgehead atoms. The molecule has 118 valence electrons. The quantitative estimate of drug-likeness (QED) is 0.237. The summed E-state index contributed by atoms with van der Waals surface area (Å²) < 4.78 is 0. The summed E-state index contributed by atoms with van der Waals surface area (Å²) in [6.07, 6.45) is 2.44. The summed E-state index contributed by atoms with van der Waals surface area (Å²) in [5, 5.41) is 17.1. The predicted octanol–water partition coefficient (Wildman–Crippen LogP) is 0.968. The Morgan fingerprint density at radius 1 is 1.55 bits per heavy atom. The number of carbonyl (C=O) groups is 2. The van der Waals surface area contributed by atoms with E-state index in [9.17, 15) is 19.7 Å². The van der Waals surface area contributed by atoms with Crippen molar-refractivity contribution in [3.05, 3.63) is 28.4 Å². The van der Waals surface area contributed by atoms with Crippen molar-refractivity contribution in [1.82, 2.24) is 15.7 Å². The van der Waals surface area contributed by atoms with E-state index in [1.54, 1.807) is 0 Å². The maximum absolute atomic E-state index is 11.3. The zero-order valence-corrected chi connectivity index (χ0v) is 13.1. The highest BCUT2D eigenvalue weighted by Gasteiger charge is 2.14. The molecule has 11 heteroatoms. The first-order chi connectivity index (χ1) is 10.5. The van der Waals surface area contributed by atoms with Crippen molar-refractivity contribution in [3.63, 3.8) is 0 Å². The summed E-state index contributed by atoms with van der Waals surface area (Å²) in [6.45, 7) is 1.63. The van der Waals surface area contributed by atoms with Crippen molar-refractivity contribution in [1.29, 1.82) is 0 Å². The molecule has 1 aromatic heterocycles. The van der Waals surface area contributed by atoms with E-state index in [1.165, 1.54) is 46.8 Å². The van der Waals surface area contributed by atoms with Gasteiger partial charge in [-0.15, -0.1) is 0 Å². The number of hydrogen-bond donors (Lipinski definition) is 2. The largest absolute Gasteiger partial charge is 0.350 e. The molecule has 0 aliphatic heterocycles. The molecule has 0 radical (unpaired) electrons. The lowest BCUT2D eigenvalue weighted by Gasteiger charge is -2.02. The van der Waals surface area contributed by atoms with Gasteiger partial charge in [-0.25, -0.2) is 10.4 Å². The van der Waals surface area contributed by atoms with Crippen LogP contribution in [0.5, 0.6) is 0 Å². The number of rotatable bonds is 8. The molecule has 0 aliphatic rings. The van der Waals surface area contributed by atoms with Gasteiger partial charge in [-0.2, -0.15) is 5.10 Å². The van der Waals surface area contributed by atoms with Crippen LogP contribution in [0.3, 0.4) is 0 Å². The second kappa shape index (κ2) is 9.73. The molecule has 1 rings (SSSR count). The molecule has 1 heterocycles. The van der Waals surface area contributed by atoms with Crippen LogP contribution in [0.25, 0.3) is 0 Å². The Bertz CT molecular complexity index is 581. The van der Waals surface area contributed by atoms with E-state index in [2.05, 4.69) is 20.8 Å². The molecule has 2 amide bonds. The Labute approximate surface area is 133 Å². The van der Waals surface area contributed by atoms with E-state index in [4.69, 9.17) is 0 Å². The van der Waals surface area contributed by atoms with E-state index in [0.29, 0.717) is 17.3 Å². The third-order valence-corrected chi connectivity index (χ3v) is 4.26. The Morgan fingerprint density at radius 3 is 3.00 bits per heavy atom. The molecule has 22 heavy (non-hydrogen) atoms. The molecular formula is C11H13N5O4S2. The number of amides is 2. The van der Waals surface area contributed by atoms with Crippen LogP contribution in [0.4, 0.5) is 5.69 Å². The van der Waals surface area contributed by atoms with E-state index in [0.717, 1.165) is 6.21 Å². The van der Waals surface area contributed by atoms with Crippen LogP contribution in [0, 0.1) is 10.1 Å². The highest BCUT2D eigenvalue weighted by atomic mass is 33.1. The molecule has 0 fully saturated rings. The molecule has 0 spiro atoms. The number of nitrogens with zero attached hydrogens (tertiary/aromatic N) is 3. The standard InChI is InChI=1S/C11H13N5O4S2/c1-8(17)15-14-7-10(18)12-5-6-21-22-11-9(16(19)20)3-2-4-13-11/h2-4,7H,5-6H2,1H3,(H,12,18)(H,15,17)/b14-7+. The van der Waals surface area contributed by atoms with Crippen LogP contribution in [0.1, 0.15) is 6.92 Å². The minimum Gasteiger partial charge on any atom is -0.350 e. The van der Waals surface area contributed by atoms with Crippen LogP contribution in [-0.4, -0.2) is 40.2 Å². The van der Waals surface area contributed by atoms with E-state index in [-0.39, 0.29) is 11.6 Å². The number of nitro groups is 1. The minimum absolute atomic E-state index is 0.0496. The van der Waals surface area contributed by atoms with Gasteiger partial charge in [0.15, 0.2) is 5.03 Å². The van der Waals surface area contributed by atoms with Gasteiger partial charge in [0.2, 0.25) is 5.91 Å². The first-order valence-electron chi connectivity index (χ1n) is 5.97. The van der Waals surface area contributed by atoms with Gasteiger partial charge in [-0.3, -0.25) is 19.7 Å². The molecule has 1 aromatic rings. The minimum atomic E-state index is -0.490. The lowest BCUT2D eigenvalue weighted by atomic mass is 10.4. The average Bonchev–Trinajstić information content (AvgIpc) is 2.46. The molecule has 0 aromatic carbocycles. The Balaban J connectivity index is 2.26. The van der Waals surface area contributed by atoms with Crippen LogP contribution in [-0.2, 0) is 9.59 Å². The summed E-state index contributed by atoms with van der Waals surface area (Å²) in [6, 6.07) is 2.89. The smallest absolute Gasteiger partial charge is 0.302 e. The van der Waals surface area contributed by atoms with Gasteiger partial charge in [0.25, 0.3) is 5.91 Å². The number of pyridine rings is 1. The van der Waals surface area contributed by atoms with Crippen LogP contribution in [0.15, 0.2) is 28.5 Å². The monoisotopic (exact) mass is 343 g/mol. The second-order valence-electron chi connectivity index (χ2n) is 3.71. The normalized spacial score (nSPS) is 10.4. The summed E-state index contributed by atoms with van der Waals surface area (Å²) >= 11 is 0. The summed E-state index contributed by atoms with van der Waals surface area (Å²) in [4.78, 5) is 36.0. The summed E-state index contributed by atoms with van der Waals surface area (Å²) in [5.41, 5.74) is 2.06. The summed E-state index contributed by atoms with van der Waals surface area (Å²) in [7, 11) is 2.50. The lowest BCUT2D eigenvalue weighted by Crippen LogP contribution is -2.27. The fraction of sp³-hybridized carbons (Fsp3) is 0.273. The molecule has 0 unspecified atom stereocenters. The maximum Gasteiger partial charge on any atom is 0.302 e. The maximum atomic E-state index is 11.3. The van der Waals surface area contributed by atoms with Gasteiger partial charge >= 0.3 is 5.69 Å². The van der Waals surface area contributed by atoms with Crippen molar-refractivity contribution in [2.45, 2.75) is 11.9 Å². The number of hydrogen-bond acceptors (Lipinski definition) is 8. The van der Waals surface area contributed by atoms with Crippen molar-refractivity contribution in [2.75, 3.05) is 12.3 Å². The average molecular weight is 343 g/mol. The summed E-state index contributed by atoms with van der Waals surface area (Å²) in [5.74, 6) is -0.283. The first-order valence-corrected chi connectivity index (χ1v) is 8.29. The predicted molar refractivity (Wildman–Crippen MR) is 84.5 cm³/mol. The fourth-order valence-electron chi connectivity index (χ4n) is 1.13. The van der Waals surface area contributed by atoms with E-state index in [1.807, 2.05) is 0 Å². The molecule has 0 saturated heterocycles. The third kappa shape index (κ3) is 7.04. The number of aromatic nitrogens is 1. The Morgan fingerprint density at radius 2 is 2.32 bits per heavy atom. The Hall–Kier alpha value is -2.14. The van der Waals surface area contributed by atoms with Gasteiger partial charge in [0.1, 0.15) is 6.21 Å². The van der Waals surface area contributed by atoms with E-state index >= 15 is 0 Å². The molecule has 0 aliphatic carbocycles. The highest BCUT2D eigenvalue weighted by Crippen LogP contribution is 2.34. The van der Waals surface area contributed by atoms with Crippen LogP contribution in [0.2, 0.25) is 0 Å². The van der Waals surface area contributed by atoms with Gasteiger partial charge in [0.05, 0.1) is 4.92 Å². The third-order valence-electron chi connectivity index (χ3n) is 1.97. The molecule has 2 N–H and O–H groups in total. The van der Waals surface area contributed by atoms with Gasteiger partial charge in [-0.1, -0.05) is 10.8 Å². The van der Waals surface area contributed by atoms with Crippen LogP contribution < -0.4 is 10.7 Å². The fourth-order valence-corrected chi connectivity index (χ4v) is 3.06. The molecule has 9 nitrogen and oxygen atoms in total.